The van der Waals surface area contributed by atoms with Gasteiger partial charge in [0.05, 0.1) is 16.6 Å². The van der Waals surface area contributed by atoms with Gasteiger partial charge in [0, 0.05) is 5.02 Å². The first kappa shape index (κ1) is 16.4. The molecule has 0 aliphatic heterocycles. The van der Waals surface area contributed by atoms with E-state index < -0.39 is 10.9 Å². The number of nitrogens with one attached hydrogen (secondary N) is 1. The van der Waals surface area contributed by atoms with Gasteiger partial charge >= 0.3 is 0 Å². The number of hydrogen-bond donors (Lipinski definition) is 1. The van der Waals surface area contributed by atoms with Crippen molar-refractivity contribution in [1.82, 2.24) is 5.32 Å². The number of hydrogen-bond acceptors (Lipinski definition) is 1. The molecule has 0 aliphatic carbocycles. The van der Waals surface area contributed by atoms with E-state index in [2.05, 4.69) is 5.32 Å². The molecule has 0 spiro atoms. The molecule has 2 rings (SSSR count). The molecule has 2 nitrogen and oxygen atoms in total. The summed E-state index contributed by atoms with van der Waals surface area (Å²) in [5, 5.41) is 3.74. The molecule has 1 amide bonds. The summed E-state index contributed by atoms with van der Waals surface area (Å²) in [5.74, 6) is -0.341. The molecule has 1 unspecified atom stereocenters. The van der Waals surface area contributed by atoms with Crippen LogP contribution in [-0.2, 0) is 0 Å². The van der Waals surface area contributed by atoms with Crippen LogP contribution in [0.25, 0.3) is 0 Å². The molecule has 6 heteroatoms. The highest BCUT2D eigenvalue weighted by atomic mass is 35.5. The van der Waals surface area contributed by atoms with Crippen LogP contribution >= 0.6 is 46.4 Å². The van der Waals surface area contributed by atoms with Crippen LogP contribution in [0, 0.1) is 0 Å². The Morgan fingerprint density at radius 2 is 1.57 bits per heavy atom. The summed E-state index contributed by atoms with van der Waals surface area (Å²) in [6.45, 7) is 0. The minimum atomic E-state index is -0.808. The molecule has 0 radical (unpaired) electrons. The molecule has 0 saturated heterocycles. The van der Waals surface area contributed by atoms with Gasteiger partial charge in [0.25, 0.3) is 5.91 Å². The first-order valence-corrected chi connectivity index (χ1v) is 7.71. The molecule has 1 N–H and O–H groups in total. The zero-order valence-corrected chi connectivity index (χ0v) is 13.7. The normalized spacial score (nSPS) is 12.2. The Hall–Kier alpha value is -0.930. The van der Waals surface area contributed by atoms with Gasteiger partial charge in [-0.25, -0.2) is 0 Å². The van der Waals surface area contributed by atoms with Gasteiger partial charge in [-0.3, -0.25) is 4.79 Å². The molecular weight excluding hydrogens is 352 g/mol. The predicted octanol–water partition coefficient (Wildman–Crippen LogP) is 5.27. The second-order valence-corrected chi connectivity index (χ2v) is 6.32. The van der Waals surface area contributed by atoms with Gasteiger partial charge < -0.3 is 5.32 Å². The van der Waals surface area contributed by atoms with Crippen molar-refractivity contribution in [3.63, 3.8) is 0 Å². The second-order valence-electron chi connectivity index (χ2n) is 4.32. The maximum Gasteiger partial charge on any atom is 0.253 e. The van der Waals surface area contributed by atoms with E-state index in [1.54, 1.807) is 48.5 Å². The first-order valence-electron chi connectivity index (χ1n) is 6.08. The Balaban J connectivity index is 2.23. The molecule has 0 aliphatic rings. The van der Waals surface area contributed by atoms with Crippen LogP contribution in [-0.4, -0.2) is 10.7 Å². The zero-order chi connectivity index (χ0) is 15.4. The molecule has 0 aromatic heterocycles. The van der Waals surface area contributed by atoms with Crippen molar-refractivity contribution in [2.75, 3.05) is 0 Å². The van der Waals surface area contributed by atoms with Crippen molar-refractivity contribution >= 4 is 52.3 Å². The highest BCUT2D eigenvalue weighted by Gasteiger charge is 2.23. The van der Waals surface area contributed by atoms with Gasteiger partial charge in [0.1, 0.15) is 4.84 Å². The maximum absolute atomic E-state index is 12.3. The maximum atomic E-state index is 12.3. The zero-order valence-electron chi connectivity index (χ0n) is 10.7. The monoisotopic (exact) mass is 361 g/mol. The number of rotatable bonds is 4. The average Bonchev–Trinajstić information content (AvgIpc) is 2.46. The molecule has 0 fully saturated rings. The fourth-order valence-corrected chi connectivity index (χ4v) is 2.59. The number of amides is 1. The summed E-state index contributed by atoms with van der Waals surface area (Å²) in [5.41, 5.74) is 1.13. The minimum Gasteiger partial charge on any atom is -0.342 e. The van der Waals surface area contributed by atoms with E-state index in [9.17, 15) is 4.79 Å². The van der Waals surface area contributed by atoms with Crippen LogP contribution in [0.5, 0.6) is 0 Å². The van der Waals surface area contributed by atoms with Crippen LogP contribution in [0.3, 0.4) is 0 Å². The van der Waals surface area contributed by atoms with Crippen LogP contribution in [0.2, 0.25) is 10.0 Å². The first-order chi connectivity index (χ1) is 9.99. The van der Waals surface area contributed by atoms with E-state index in [1.165, 1.54) is 0 Å². The van der Waals surface area contributed by atoms with Gasteiger partial charge in [0.2, 0.25) is 0 Å². The summed E-state index contributed by atoms with van der Waals surface area (Å²) >= 11 is 23.8. The van der Waals surface area contributed by atoms with E-state index >= 15 is 0 Å². The standard InChI is InChI=1S/C15H11Cl4NO/c16-10-7-5-9(6-8-10)13(14(18)19)20-15(21)11-3-1-2-4-12(11)17/h1-8,13-14H,(H,20,21). The number of carbonyl (C=O) groups is 1. The lowest BCUT2D eigenvalue weighted by molar-refractivity contribution is 0.0939. The van der Waals surface area contributed by atoms with Crippen LogP contribution in [0.15, 0.2) is 48.5 Å². The fourth-order valence-electron chi connectivity index (χ4n) is 1.83. The van der Waals surface area contributed by atoms with E-state index in [1.807, 2.05) is 0 Å². The van der Waals surface area contributed by atoms with E-state index in [-0.39, 0.29) is 5.91 Å². The molecule has 2 aromatic rings. The molecule has 2 aromatic carbocycles. The third-order valence-electron chi connectivity index (χ3n) is 2.89. The van der Waals surface area contributed by atoms with Crippen molar-refractivity contribution in [2.45, 2.75) is 10.9 Å². The smallest absolute Gasteiger partial charge is 0.253 e. The van der Waals surface area contributed by atoms with Crippen molar-refractivity contribution in [1.29, 1.82) is 0 Å². The Morgan fingerprint density at radius 1 is 0.952 bits per heavy atom. The molecular formula is C15H11Cl4NO. The van der Waals surface area contributed by atoms with Gasteiger partial charge in [0.15, 0.2) is 0 Å². The predicted molar refractivity (Wildman–Crippen MR) is 88.6 cm³/mol. The van der Waals surface area contributed by atoms with Crippen molar-refractivity contribution in [3.8, 4) is 0 Å². The lowest BCUT2D eigenvalue weighted by Gasteiger charge is -2.20. The minimum absolute atomic E-state index is 0.341. The number of carbonyl (C=O) groups excluding carboxylic acids is 1. The van der Waals surface area contributed by atoms with Crippen molar-refractivity contribution in [2.24, 2.45) is 0 Å². The lowest BCUT2D eigenvalue weighted by atomic mass is 10.1. The summed E-state index contributed by atoms with van der Waals surface area (Å²) < 4.78 is 0. The molecule has 1 atom stereocenters. The van der Waals surface area contributed by atoms with Crippen molar-refractivity contribution in [3.05, 3.63) is 69.7 Å². The highest BCUT2D eigenvalue weighted by molar-refractivity contribution is 6.45. The second kappa shape index (κ2) is 7.37. The number of alkyl halides is 2. The molecule has 21 heavy (non-hydrogen) atoms. The van der Waals surface area contributed by atoms with Crippen LogP contribution in [0.4, 0.5) is 0 Å². The molecule has 0 heterocycles. The average molecular weight is 363 g/mol. The lowest BCUT2D eigenvalue weighted by Crippen LogP contribution is -2.32. The third kappa shape index (κ3) is 4.27. The fraction of sp³-hybridized carbons (Fsp3) is 0.133. The summed E-state index contributed by atoms with van der Waals surface area (Å²) in [6.07, 6.45) is 0. The van der Waals surface area contributed by atoms with Gasteiger partial charge in [-0.1, -0.05) is 47.5 Å². The molecule has 0 saturated carbocycles. The van der Waals surface area contributed by atoms with Gasteiger partial charge in [-0.15, -0.1) is 23.2 Å². The van der Waals surface area contributed by atoms with Crippen LogP contribution < -0.4 is 5.32 Å². The Kier molecular flexibility index (Phi) is 5.77. The summed E-state index contributed by atoms with van der Waals surface area (Å²) in [4.78, 5) is 11.5. The van der Waals surface area contributed by atoms with E-state index in [4.69, 9.17) is 46.4 Å². The molecule has 110 valence electrons. The van der Waals surface area contributed by atoms with Gasteiger partial charge in [-0.05, 0) is 29.8 Å². The van der Waals surface area contributed by atoms with Crippen molar-refractivity contribution < 1.29 is 4.79 Å². The Bertz CT molecular complexity index is 628. The van der Waals surface area contributed by atoms with E-state index in [0.717, 1.165) is 5.56 Å². The van der Waals surface area contributed by atoms with Crippen LogP contribution in [0.1, 0.15) is 22.0 Å². The Morgan fingerprint density at radius 3 is 2.14 bits per heavy atom. The number of benzene rings is 2. The van der Waals surface area contributed by atoms with Gasteiger partial charge in [-0.2, -0.15) is 0 Å². The molecule has 0 bridgehead atoms. The topological polar surface area (TPSA) is 29.1 Å². The quantitative estimate of drug-likeness (QED) is 0.737. The third-order valence-corrected chi connectivity index (χ3v) is 3.97. The number of halogens is 4. The highest BCUT2D eigenvalue weighted by Crippen LogP contribution is 2.26. The largest absolute Gasteiger partial charge is 0.342 e. The van der Waals surface area contributed by atoms with E-state index in [0.29, 0.717) is 15.6 Å². The Labute approximate surface area is 143 Å². The summed E-state index contributed by atoms with van der Waals surface area (Å²) in [6, 6.07) is 13.1. The summed E-state index contributed by atoms with van der Waals surface area (Å²) in [7, 11) is 0. The SMILES string of the molecule is O=C(NC(c1ccc(Cl)cc1)C(Cl)Cl)c1ccccc1Cl.